The third kappa shape index (κ3) is 5.44. The van der Waals surface area contributed by atoms with Crippen molar-refractivity contribution < 1.29 is 21.6 Å². The van der Waals surface area contributed by atoms with Crippen molar-refractivity contribution in [2.75, 3.05) is 23.1 Å². The van der Waals surface area contributed by atoms with E-state index in [9.17, 15) is 21.6 Å². The van der Waals surface area contributed by atoms with Crippen LogP contribution in [0.5, 0.6) is 0 Å². The lowest BCUT2D eigenvalue weighted by molar-refractivity contribution is -0.120. The van der Waals surface area contributed by atoms with Crippen LogP contribution in [0.25, 0.3) is 0 Å². The molecule has 0 atom stereocenters. The molecule has 0 unspecified atom stereocenters. The van der Waals surface area contributed by atoms with E-state index in [1.807, 2.05) is 0 Å². The van der Waals surface area contributed by atoms with Gasteiger partial charge in [-0.2, -0.15) is 4.31 Å². The zero-order valence-electron chi connectivity index (χ0n) is 17.5. The Labute approximate surface area is 197 Å². The Balaban J connectivity index is 1.34. The van der Waals surface area contributed by atoms with E-state index in [0.29, 0.717) is 28.4 Å². The van der Waals surface area contributed by atoms with Crippen molar-refractivity contribution in [2.24, 2.45) is 5.92 Å². The Morgan fingerprint density at radius 1 is 0.848 bits per heavy atom. The maximum absolute atomic E-state index is 12.7. The molecular formula is C22H23N3O5S3. The first kappa shape index (κ1) is 23.4. The summed E-state index contributed by atoms with van der Waals surface area (Å²) in [4.78, 5) is 12.7. The molecule has 0 spiro atoms. The van der Waals surface area contributed by atoms with Gasteiger partial charge in [-0.05, 0) is 60.7 Å². The first-order valence-electron chi connectivity index (χ1n) is 10.3. The Kier molecular flexibility index (Phi) is 6.84. The van der Waals surface area contributed by atoms with E-state index < -0.39 is 20.0 Å². The van der Waals surface area contributed by atoms with Crippen LogP contribution in [0, 0.1) is 5.92 Å². The van der Waals surface area contributed by atoms with Crippen molar-refractivity contribution in [3.05, 3.63) is 72.1 Å². The van der Waals surface area contributed by atoms with Crippen LogP contribution in [0.2, 0.25) is 0 Å². The number of hydrogen-bond donors (Lipinski definition) is 2. The van der Waals surface area contributed by atoms with Crippen molar-refractivity contribution in [1.29, 1.82) is 0 Å². The molecule has 0 aliphatic carbocycles. The summed E-state index contributed by atoms with van der Waals surface area (Å²) in [6.45, 7) is 0.557. The van der Waals surface area contributed by atoms with Crippen LogP contribution in [-0.4, -0.2) is 40.1 Å². The number of nitrogens with one attached hydrogen (secondary N) is 2. The Bertz CT molecular complexity index is 1300. The topological polar surface area (TPSA) is 113 Å². The maximum Gasteiger partial charge on any atom is 0.261 e. The van der Waals surface area contributed by atoms with Crippen LogP contribution in [0.1, 0.15) is 12.8 Å². The molecule has 4 rings (SSSR count). The molecule has 1 amide bonds. The standard InChI is InChI=1S/C22H23N3O5S3/c26-22(17-12-14-25(15-13-17)33(29,30)21-7-4-16-31-21)23-18-8-10-20(11-9-18)32(27,28)24-19-5-2-1-3-6-19/h1-11,16-17,24H,12-15H2,(H,23,26). The van der Waals surface area contributed by atoms with Gasteiger partial charge in [0.05, 0.1) is 4.90 Å². The molecule has 1 fully saturated rings. The number of amides is 1. The zero-order valence-corrected chi connectivity index (χ0v) is 20.0. The molecule has 0 radical (unpaired) electrons. The smallest absolute Gasteiger partial charge is 0.261 e. The van der Waals surface area contributed by atoms with Gasteiger partial charge in [-0.3, -0.25) is 9.52 Å². The second-order valence-corrected chi connectivity index (χ2v) is 12.4. The lowest BCUT2D eigenvalue weighted by Crippen LogP contribution is -2.41. The average Bonchev–Trinajstić information content (AvgIpc) is 3.36. The molecule has 8 nitrogen and oxygen atoms in total. The number of rotatable bonds is 7. The molecular weight excluding hydrogens is 482 g/mol. The van der Waals surface area contributed by atoms with E-state index in [2.05, 4.69) is 10.0 Å². The molecule has 174 valence electrons. The maximum atomic E-state index is 12.7. The fraction of sp³-hybridized carbons (Fsp3) is 0.227. The van der Waals surface area contributed by atoms with E-state index in [-0.39, 0.29) is 29.8 Å². The van der Waals surface area contributed by atoms with Gasteiger partial charge < -0.3 is 5.32 Å². The quantitative estimate of drug-likeness (QED) is 0.510. The van der Waals surface area contributed by atoms with Gasteiger partial charge in [0.25, 0.3) is 20.0 Å². The van der Waals surface area contributed by atoms with E-state index in [4.69, 9.17) is 0 Å². The lowest BCUT2D eigenvalue weighted by Gasteiger charge is -2.30. The number of benzene rings is 2. The summed E-state index contributed by atoms with van der Waals surface area (Å²) < 4.78 is 54.5. The molecule has 1 aliphatic rings. The molecule has 0 saturated carbocycles. The van der Waals surface area contributed by atoms with Crippen LogP contribution < -0.4 is 10.0 Å². The highest BCUT2D eigenvalue weighted by molar-refractivity contribution is 7.92. The molecule has 2 N–H and O–H groups in total. The number of nitrogens with zero attached hydrogens (tertiary/aromatic N) is 1. The molecule has 1 aliphatic heterocycles. The number of carbonyl (C=O) groups is 1. The average molecular weight is 506 g/mol. The van der Waals surface area contributed by atoms with Gasteiger partial charge >= 0.3 is 0 Å². The highest BCUT2D eigenvalue weighted by Gasteiger charge is 2.32. The molecule has 11 heteroatoms. The van der Waals surface area contributed by atoms with Gasteiger partial charge in [0.15, 0.2) is 0 Å². The van der Waals surface area contributed by atoms with Gasteiger partial charge in [0, 0.05) is 30.4 Å². The van der Waals surface area contributed by atoms with Gasteiger partial charge in [0.1, 0.15) is 4.21 Å². The number of carbonyl (C=O) groups excluding carboxylic acids is 1. The van der Waals surface area contributed by atoms with E-state index >= 15 is 0 Å². The number of hydrogen-bond acceptors (Lipinski definition) is 6. The number of para-hydroxylation sites is 1. The fourth-order valence-corrected chi connectivity index (χ4v) is 7.25. The summed E-state index contributed by atoms with van der Waals surface area (Å²) in [7, 11) is -7.25. The second-order valence-electron chi connectivity index (χ2n) is 7.60. The molecule has 33 heavy (non-hydrogen) atoms. The summed E-state index contributed by atoms with van der Waals surface area (Å²) in [5.41, 5.74) is 0.939. The fourth-order valence-electron chi connectivity index (χ4n) is 3.58. The highest BCUT2D eigenvalue weighted by Crippen LogP contribution is 2.27. The van der Waals surface area contributed by atoms with E-state index in [1.54, 1.807) is 47.8 Å². The number of sulfonamides is 2. The van der Waals surface area contributed by atoms with Crippen LogP contribution in [0.15, 0.2) is 81.2 Å². The van der Waals surface area contributed by atoms with Crippen LogP contribution in [-0.2, 0) is 24.8 Å². The molecule has 3 aromatic rings. The minimum Gasteiger partial charge on any atom is -0.326 e. The number of anilines is 2. The summed E-state index contributed by atoms with van der Waals surface area (Å²) >= 11 is 1.18. The van der Waals surface area contributed by atoms with Gasteiger partial charge in [-0.15, -0.1) is 11.3 Å². The van der Waals surface area contributed by atoms with Crippen LogP contribution in [0.4, 0.5) is 11.4 Å². The minimum atomic E-state index is -3.74. The summed E-state index contributed by atoms with van der Waals surface area (Å²) in [6.07, 6.45) is 0.841. The third-order valence-electron chi connectivity index (χ3n) is 5.37. The lowest BCUT2D eigenvalue weighted by atomic mass is 9.97. The molecule has 2 heterocycles. The largest absolute Gasteiger partial charge is 0.326 e. The molecule has 0 bridgehead atoms. The normalized spacial score (nSPS) is 15.8. The summed E-state index contributed by atoms with van der Waals surface area (Å²) in [6, 6.07) is 17.8. The van der Waals surface area contributed by atoms with Crippen molar-refractivity contribution in [1.82, 2.24) is 4.31 Å². The monoisotopic (exact) mass is 505 g/mol. The van der Waals surface area contributed by atoms with Gasteiger partial charge in [0.2, 0.25) is 5.91 Å². The zero-order chi connectivity index (χ0) is 23.5. The Hall–Kier alpha value is -2.73. The minimum absolute atomic E-state index is 0.0800. The Morgan fingerprint density at radius 3 is 2.12 bits per heavy atom. The van der Waals surface area contributed by atoms with Crippen molar-refractivity contribution in [3.8, 4) is 0 Å². The van der Waals surface area contributed by atoms with Gasteiger partial charge in [-0.1, -0.05) is 24.3 Å². The van der Waals surface area contributed by atoms with Crippen LogP contribution >= 0.6 is 11.3 Å². The molecule has 2 aromatic carbocycles. The predicted molar refractivity (Wildman–Crippen MR) is 128 cm³/mol. The molecule has 1 saturated heterocycles. The third-order valence-corrected chi connectivity index (χ3v) is 10.0. The first-order chi connectivity index (χ1) is 15.8. The second kappa shape index (κ2) is 9.64. The first-order valence-corrected chi connectivity index (χ1v) is 14.1. The SMILES string of the molecule is O=C(Nc1ccc(S(=O)(=O)Nc2ccccc2)cc1)C1CCN(S(=O)(=O)c2cccs2)CC1. The van der Waals surface area contributed by atoms with E-state index in [1.165, 1.54) is 39.9 Å². The van der Waals surface area contributed by atoms with Gasteiger partial charge in [-0.25, -0.2) is 16.8 Å². The summed E-state index contributed by atoms with van der Waals surface area (Å²) in [5.74, 6) is -0.524. The van der Waals surface area contributed by atoms with Crippen molar-refractivity contribution in [2.45, 2.75) is 21.9 Å². The molecule has 1 aromatic heterocycles. The van der Waals surface area contributed by atoms with E-state index in [0.717, 1.165) is 0 Å². The Morgan fingerprint density at radius 2 is 1.52 bits per heavy atom. The number of piperidine rings is 1. The predicted octanol–water partition coefficient (Wildman–Crippen LogP) is 3.59. The van der Waals surface area contributed by atoms with Crippen molar-refractivity contribution in [3.63, 3.8) is 0 Å². The van der Waals surface area contributed by atoms with Crippen molar-refractivity contribution >= 4 is 48.7 Å². The number of thiophene rings is 1. The highest BCUT2D eigenvalue weighted by atomic mass is 32.2. The van der Waals surface area contributed by atoms with Crippen LogP contribution in [0.3, 0.4) is 0 Å². The summed E-state index contributed by atoms with van der Waals surface area (Å²) in [5, 5.41) is 4.52.